The number of epoxide rings is 1. The highest BCUT2D eigenvalue weighted by Gasteiger charge is 2.43. The lowest BCUT2D eigenvalue weighted by molar-refractivity contribution is 0.162. The number of nitrogens with zero attached hydrogens (tertiary/aromatic N) is 4. The SMILES string of the molecule is CCN(CC)C1OC1c1ccc(C(c2cccc3cccnc23)N2CCN(P)CC2)cc1. The molecule has 2 saturated heterocycles. The Morgan fingerprint density at radius 2 is 1.72 bits per heavy atom. The topological polar surface area (TPSA) is 35.1 Å². The Morgan fingerprint density at radius 1 is 1.00 bits per heavy atom. The van der Waals surface area contributed by atoms with E-state index in [-0.39, 0.29) is 18.4 Å². The van der Waals surface area contributed by atoms with Crippen molar-refractivity contribution in [1.29, 1.82) is 0 Å². The number of hydrogen-bond acceptors (Lipinski definition) is 5. The fourth-order valence-corrected chi connectivity index (χ4v) is 5.24. The third kappa shape index (κ3) is 4.33. The van der Waals surface area contributed by atoms with Crippen LogP contribution in [0.15, 0.2) is 60.8 Å². The normalized spacial score (nSPS) is 23.0. The van der Waals surface area contributed by atoms with Gasteiger partial charge in [-0.1, -0.05) is 71.8 Å². The van der Waals surface area contributed by atoms with E-state index >= 15 is 0 Å². The molecule has 4 atom stereocenters. The molecule has 2 fully saturated rings. The van der Waals surface area contributed by atoms with Gasteiger partial charge < -0.3 is 4.74 Å². The van der Waals surface area contributed by atoms with Gasteiger partial charge in [0, 0.05) is 43.3 Å². The van der Waals surface area contributed by atoms with Crippen LogP contribution in [0.3, 0.4) is 0 Å². The summed E-state index contributed by atoms with van der Waals surface area (Å²) in [7, 11) is 2.85. The first-order chi connectivity index (χ1) is 15.7. The number of benzene rings is 2. The molecular formula is C26H33N4OP. The van der Waals surface area contributed by atoms with E-state index < -0.39 is 0 Å². The molecule has 3 heterocycles. The maximum Gasteiger partial charge on any atom is 0.142 e. The summed E-state index contributed by atoms with van der Waals surface area (Å²) in [6.07, 6.45) is 2.33. The smallest absolute Gasteiger partial charge is 0.142 e. The first kappa shape index (κ1) is 21.9. The molecule has 168 valence electrons. The van der Waals surface area contributed by atoms with E-state index in [2.05, 4.69) is 86.2 Å². The minimum absolute atomic E-state index is 0.194. The minimum Gasteiger partial charge on any atom is -0.348 e. The fraction of sp³-hybridized carbons (Fsp3) is 0.423. The summed E-state index contributed by atoms with van der Waals surface area (Å²) in [6.45, 7) is 10.6. The van der Waals surface area contributed by atoms with E-state index in [0.717, 1.165) is 44.8 Å². The van der Waals surface area contributed by atoms with Crippen LogP contribution >= 0.6 is 9.39 Å². The van der Waals surface area contributed by atoms with Gasteiger partial charge in [0.25, 0.3) is 0 Å². The molecule has 3 aromatic rings. The Bertz CT molecular complexity index is 1040. The van der Waals surface area contributed by atoms with Gasteiger partial charge in [-0.25, -0.2) is 0 Å². The van der Waals surface area contributed by atoms with Crippen LogP contribution in [0.4, 0.5) is 0 Å². The molecule has 1 aromatic heterocycles. The monoisotopic (exact) mass is 448 g/mol. The molecule has 0 amide bonds. The summed E-state index contributed by atoms with van der Waals surface area (Å²) in [5, 5.41) is 1.20. The maximum absolute atomic E-state index is 6.02. The van der Waals surface area contributed by atoms with Crippen molar-refractivity contribution in [1.82, 2.24) is 19.5 Å². The molecule has 5 rings (SSSR count). The summed E-state index contributed by atoms with van der Waals surface area (Å²) >= 11 is 0. The zero-order valence-corrected chi connectivity index (χ0v) is 20.2. The largest absolute Gasteiger partial charge is 0.348 e. The Labute approximate surface area is 193 Å². The number of rotatable bonds is 7. The van der Waals surface area contributed by atoms with Crippen molar-refractivity contribution in [3.8, 4) is 0 Å². The lowest BCUT2D eigenvalue weighted by atomic mass is 9.93. The second-order valence-corrected chi connectivity index (χ2v) is 9.46. The number of ether oxygens (including phenoxy) is 1. The first-order valence-electron chi connectivity index (χ1n) is 11.8. The van der Waals surface area contributed by atoms with Gasteiger partial charge in [-0.15, -0.1) is 0 Å². The summed E-state index contributed by atoms with van der Waals surface area (Å²) in [5.41, 5.74) is 4.99. The fourth-order valence-electron chi connectivity index (χ4n) is 5.01. The molecule has 0 aliphatic carbocycles. The molecule has 2 aliphatic rings. The second kappa shape index (κ2) is 9.54. The van der Waals surface area contributed by atoms with E-state index in [1.54, 1.807) is 0 Å². The average Bonchev–Trinajstić information content (AvgIpc) is 3.63. The number of aromatic nitrogens is 1. The van der Waals surface area contributed by atoms with Gasteiger partial charge >= 0.3 is 0 Å². The number of piperazine rings is 1. The summed E-state index contributed by atoms with van der Waals surface area (Å²) in [6, 6.07) is 20.1. The molecule has 5 nitrogen and oxygen atoms in total. The molecule has 6 heteroatoms. The van der Waals surface area contributed by atoms with Gasteiger partial charge in [-0.05, 0) is 30.3 Å². The van der Waals surface area contributed by atoms with Crippen molar-refractivity contribution in [2.45, 2.75) is 32.2 Å². The summed E-state index contributed by atoms with van der Waals surface area (Å²) < 4.78 is 8.34. The molecule has 0 saturated carbocycles. The third-order valence-electron chi connectivity index (χ3n) is 6.89. The van der Waals surface area contributed by atoms with Crippen molar-refractivity contribution in [2.24, 2.45) is 0 Å². The lowest BCUT2D eigenvalue weighted by Crippen LogP contribution is -2.44. The van der Waals surface area contributed by atoms with E-state index in [9.17, 15) is 0 Å². The van der Waals surface area contributed by atoms with E-state index in [1.807, 2.05) is 12.3 Å². The quantitative estimate of drug-likeness (QED) is 0.394. The molecule has 32 heavy (non-hydrogen) atoms. The van der Waals surface area contributed by atoms with Gasteiger partial charge in [-0.2, -0.15) is 0 Å². The zero-order valence-electron chi connectivity index (χ0n) is 19.0. The van der Waals surface area contributed by atoms with Crippen molar-refractivity contribution >= 4 is 20.3 Å². The van der Waals surface area contributed by atoms with Gasteiger partial charge in [0.2, 0.25) is 0 Å². The Balaban J connectivity index is 1.47. The van der Waals surface area contributed by atoms with Crippen molar-refractivity contribution in [2.75, 3.05) is 39.3 Å². The van der Waals surface area contributed by atoms with E-state index in [0.29, 0.717) is 0 Å². The zero-order chi connectivity index (χ0) is 22.1. The van der Waals surface area contributed by atoms with E-state index in [4.69, 9.17) is 9.72 Å². The van der Waals surface area contributed by atoms with Crippen LogP contribution in [-0.4, -0.2) is 65.0 Å². The average molecular weight is 449 g/mol. The number of fused-ring (bicyclic) bond motifs is 1. The minimum atomic E-state index is 0.194. The Kier molecular flexibility index (Phi) is 6.54. The predicted molar refractivity (Wildman–Crippen MR) is 133 cm³/mol. The van der Waals surface area contributed by atoms with Crippen LogP contribution in [0.25, 0.3) is 10.9 Å². The number of para-hydroxylation sites is 1. The number of pyridine rings is 1. The van der Waals surface area contributed by atoms with Gasteiger partial charge in [-0.3, -0.25) is 19.5 Å². The highest BCUT2D eigenvalue weighted by molar-refractivity contribution is 7.13. The third-order valence-corrected chi connectivity index (χ3v) is 7.41. The standard InChI is InChI=1S/C26H33N4OP/c1-3-28(4-2)26-25(31-26)21-12-10-20(11-13-21)24(29-15-17-30(32)18-16-29)22-9-5-7-19-8-6-14-27-23(19)22/h5-14,24-26H,3-4,15-18,32H2,1-2H3. The van der Waals surface area contributed by atoms with Crippen LogP contribution in [0.1, 0.15) is 42.7 Å². The molecule has 2 aromatic carbocycles. The molecule has 2 aliphatic heterocycles. The van der Waals surface area contributed by atoms with Crippen molar-refractivity contribution in [3.63, 3.8) is 0 Å². The highest BCUT2D eigenvalue weighted by atomic mass is 31.0. The van der Waals surface area contributed by atoms with Crippen LogP contribution in [0.2, 0.25) is 0 Å². The maximum atomic E-state index is 6.02. The molecule has 0 spiro atoms. The summed E-state index contributed by atoms with van der Waals surface area (Å²) in [5.74, 6) is 0. The van der Waals surface area contributed by atoms with Crippen molar-refractivity contribution < 1.29 is 4.74 Å². The Hall–Kier alpha value is -1.88. The van der Waals surface area contributed by atoms with Crippen LogP contribution in [-0.2, 0) is 4.74 Å². The van der Waals surface area contributed by atoms with Crippen LogP contribution < -0.4 is 0 Å². The first-order valence-corrected chi connectivity index (χ1v) is 12.3. The molecular weight excluding hydrogens is 415 g/mol. The molecule has 0 bridgehead atoms. The van der Waals surface area contributed by atoms with E-state index in [1.165, 1.54) is 22.1 Å². The molecule has 0 radical (unpaired) electrons. The van der Waals surface area contributed by atoms with Gasteiger partial charge in [0.1, 0.15) is 12.3 Å². The van der Waals surface area contributed by atoms with Crippen LogP contribution in [0.5, 0.6) is 0 Å². The predicted octanol–water partition coefficient (Wildman–Crippen LogP) is 4.47. The highest BCUT2D eigenvalue weighted by Crippen LogP contribution is 2.42. The second-order valence-electron chi connectivity index (χ2n) is 8.73. The molecule has 0 N–H and O–H groups in total. The lowest BCUT2D eigenvalue weighted by Gasteiger charge is -2.38. The Morgan fingerprint density at radius 3 is 2.44 bits per heavy atom. The summed E-state index contributed by atoms with van der Waals surface area (Å²) in [4.78, 5) is 9.76. The molecule has 4 unspecified atom stereocenters. The number of likely N-dealkylation sites (N-methyl/N-ethyl adjacent to an activating group) is 1. The van der Waals surface area contributed by atoms with Crippen LogP contribution in [0, 0.1) is 0 Å². The van der Waals surface area contributed by atoms with Gasteiger partial charge in [0.15, 0.2) is 0 Å². The van der Waals surface area contributed by atoms with Gasteiger partial charge in [0.05, 0.1) is 11.6 Å². The van der Waals surface area contributed by atoms with Crippen molar-refractivity contribution in [3.05, 3.63) is 77.5 Å². The number of hydrogen-bond donors (Lipinski definition) is 0.